The van der Waals surface area contributed by atoms with Crippen molar-refractivity contribution in [3.8, 4) is 28.3 Å². The summed E-state index contributed by atoms with van der Waals surface area (Å²) in [6, 6.07) is 23.0. The first-order valence-electron chi connectivity index (χ1n) is 10.7. The largest absolute Gasteiger partial charge is 0.508 e. The Morgan fingerprint density at radius 2 is 1.66 bits per heavy atom. The van der Waals surface area contributed by atoms with Gasteiger partial charge < -0.3 is 10.4 Å². The molecule has 0 fully saturated rings. The Labute approximate surface area is 186 Å². The van der Waals surface area contributed by atoms with Crippen LogP contribution in [-0.2, 0) is 24.1 Å². The number of rotatable bonds is 4. The van der Waals surface area contributed by atoms with Crippen LogP contribution >= 0.6 is 0 Å². The first-order chi connectivity index (χ1) is 15.6. The normalized spacial score (nSPS) is 12.0. The highest BCUT2D eigenvalue weighted by Crippen LogP contribution is 2.35. The molecule has 0 radical (unpaired) electrons. The maximum atomic E-state index is 12.9. The van der Waals surface area contributed by atoms with Crippen LogP contribution in [0.25, 0.3) is 22.5 Å². The summed E-state index contributed by atoms with van der Waals surface area (Å²) in [4.78, 5) is 22.7. The van der Waals surface area contributed by atoms with E-state index in [4.69, 9.17) is 9.97 Å². The molecule has 1 aliphatic carbocycles. The molecule has 0 unspecified atom stereocenters. The molecule has 1 amide bonds. The van der Waals surface area contributed by atoms with Gasteiger partial charge in [0.2, 0.25) is 5.91 Å². The molecule has 5 rings (SSSR count). The predicted octanol–water partition coefficient (Wildman–Crippen LogP) is 5.10. The van der Waals surface area contributed by atoms with Gasteiger partial charge in [-0.05, 0) is 55.2 Å². The number of benzene rings is 3. The van der Waals surface area contributed by atoms with Crippen LogP contribution < -0.4 is 5.32 Å². The number of aromatic nitrogens is 2. The number of phenols is 1. The van der Waals surface area contributed by atoms with E-state index in [-0.39, 0.29) is 18.1 Å². The van der Waals surface area contributed by atoms with Gasteiger partial charge in [0, 0.05) is 11.1 Å². The van der Waals surface area contributed by atoms with Crippen molar-refractivity contribution in [2.24, 2.45) is 0 Å². The molecule has 1 heterocycles. The fourth-order valence-electron chi connectivity index (χ4n) is 4.06. The summed E-state index contributed by atoms with van der Waals surface area (Å²) in [7, 11) is 0. The van der Waals surface area contributed by atoms with Gasteiger partial charge in [0.1, 0.15) is 11.4 Å². The molecule has 5 nitrogen and oxygen atoms in total. The number of amides is 1. The molecule has 32 heavy (non-hydrogen) atoms. The zero-order valence-corrected chi connectivity index (χ0v) is 17.8. The lowest BCUT2D eigenvalue weighted by Crippen LogP contribution is -2.18. The van der Waals surface area contributed by atoms with E-state index in [0.717, 1.165) is 46.5 Å². The minimum Gasteiger partial charge on any atom is -0.508 e. The van der Waals surface area contributed by atoms with Gasteiger partial charge in [0.25, 0.3) is 0 Å². The number of hydrogen-bond acceptors (Lipinski definition) is 4. The average molecular weight is 422 g/mol. The van der Waals surface area contributed by atoms with Crippen LogP contribution in [0.1, 0.15) is 22.4 Å². The van der Waals surface area contributed by atoms with Crippen molar-refractivity contribution in [1.29, 1.82) is 0 Å². The van der Waals surface area contributed by atoms with Crippen LogP contribution in [0.3, 0.4) is 0 Å². The van der Waals surface area contributed by atoms with E-state index in [1.54, 1.807) is 24.3 Å². The predicted molar refractivity (Wildman–Crippen MR) is 125 cm³/mol. The van der Waals surface area contributed by atoms with Crippen LogP contribution in [0.15, 0.2) is 72.8 Å². The summed E-state index contributed by atoms with van der Waals surface area (Å²) in [6.45, 7) is 2.02. The molecular formula is C27H23N3O2. The van der Waals surface area contributed by atoms with Gasteiger partial charge in [0.05, 0.1) is 17.8 Å². The number of phenolic OH excluding ortho intramolecular Hbond substituents is 1. The molecule has 1 aliphatic rings. The molecule has 2 N–H and O–H groups in total. The SMILES string of the molecule is Cc1ccc(CC(=O)Nc2nc3c(nc2-c2ccc(O)cc2)-c2ccccc2CC3)cc1. The molecule has 0 spiro atoms. The van der Waals surface area contributed by atoms with E-state index in [0.29, 0.717) is 11.5 Å². The molecule has 0 saturated heterocycles. The average Bonchev–Trinajstić information content (AvgIpc) is 2.80. The lowest BCUT2D eigenvalue weighted by Gasteiger charge is -2.21. The Hall–Kier alpha value is -3.99. The Morgan fingerprint density at radius 3 is 2.44 bits per heavy atom. The summed E-state index contributed by atoms with van der Waals surface area (Å²) >= 11 is 0. The van der Waals surface area contributed by atoms with Crippen molar-refractivity contribution < 1.29 is 9.90 Å². The third-order valence-electron chi connectivity index (χ3n) is 5.76. The van der Waals surface area contributed by atoms with Crippen LogP contribution in [0.2, 0.25) is 0 Å². The number of carbonyl (C=O) groups excluding carboxylic acids is 1. The summed E-state index contributed by atoms with van der Waals surface area (Å²) in [5.74, 6) is 0.486. The number of aromatic hydroxyl groups is 1. The van der Waals surface area contributed by atoms with E-state index in [2.05, 4.69) is 17.4 Å². The molecule has 0 saturated carbocycles. The summed E-state index contributed by atoms with van der Waals surface area (Å²) < 4.78 is 0. The number of anilines is 1. The van der Waals surface area contributed by atoms with Gasteiger partial charge in [-0.2, -0.15) is 0 Å². The number of nitrogens with one attached hydrogen (secondary N) is 1. The maximum Gasteiger partial charge on any atom is 0.230 e. The van der Waals surface area contributed by atoms with Crippen LogP contribution in [0.4, 0.5) is 5.82 Å². The molecule has 158 valence electrons. The van der Waals surface area contributed by atoms with Gasteiger partial charge in [-0.1, -0.05) is 54.1 Å². The maximum absolute atomic E-state index is 12.9. The number of aryl methyl sites for hydroxylation is 3. The zero-order valence-electron chi connectivity index (χ0n) is 17.8. The smallest absolute Gasteiger partial charge is 0.230 e. The zero-order chi connectivity index (χ0) is 22.1. The third-order valence-corrected chi connectivity index (χ3v) is 5.76. The fourth-order valence-corrected chi connectivity index (χ4v) is 4.06. The second kappa shape index (κ2) is 8.27. The Bertz CT molecular complexity index is 1300. The van der Waals surface area contributed by atoms with Crippen molar-refractivity contribution in [1.82, 2.24) is 9.97 Å². The first kappa shape index (κ1) is 19.9. The topological polar surface area (TPSA) is 75.1 Å². The van der Waals surface area contributed by atoms with E-state index in [9.17, 15) is 9.90 Å². The van der Waals surface area contributed by atoms with Gasteiger partial charge in [0.15, 0.2) is 5.82 Å². The van der Waals surface area contributed by atoms with Crippen LogP contribution in [0, 0.1) is 6.92 Å². The molecule has 4 aromatic rings. The molecule has 5 heteroatoms. The van der Waals surface area contributed by atoms with Crippen molar-refractivity contribution in [2.75, 3.05) is 5.32 Å². The molecule has 3 aromatic carbocycles. The van der Waals surface area contributed by atoms with Crippen molar-refractivity contribution in [2.45, 2.75) is 26.2 Å². The van der Waals surface area contributed by atoms with Gasteiger partial charge >= 0.3 is 0 Å². The summed E-state index contributed by atoms with van der Waals surface area (Å²) in [6.07, 6.45) is 1.93. The minimum absolute atomic E-state index is 0.139. The van der Waals surface area contributed by atoms with E-state index < -0.39 is 0 Å². The van der Waals surface area contributed by atoms with Crippen molar-refractivity contribution in [3.05, 3.63) is 95.2 Å². The quantitative estimate of drug-likeness (QED) is 0.480. The fraction of sp³-hybridized carbons (Fsp3) is 0.148. The van der Waals surface area contributed by atoms with Crippen molar-refractivity contribution >= 4 is 11.7 Å². The number of fused-ring (bicyclic) bond motifs is 3. The van der Waals surface area contributed by atoms with Gasteiger partial charge in [-0.3, -0.25) is 4.79 Å². The second-order valence-corrected chi connectivity index (χ2v) is 8.13. The Balaban J connectivity index is 1.54. The summed E-state index contributed by atoms with van der Waals surface area (Å²) in [5.41, 5.74) is 7.55. The Morgan fingerprint density at radius 1 is 0.906 bits per heavy atom. The second-order valence-electron chi connectivity index (χ2n) is 8.13. The number of nitrogens with zero attached hydrogens (tertiary/aromatic N) is 2. The van der Waals surface area contributed by atoms with Crippen molar-refractivity contribution in [3.63, 3.8) is 0 Å². The van der Waals surface area contributed by atoms with Crippen LogP contribution in [0.5, 0.6) is 5.75 Å². The lowest BCUT2D eigenvalue weighted by atomic mass is 9.91. The van der Waals surface area contributed by atoms with Crippen LogP contribution in [-0.4, -0.2) is 21.0 Å². The van der Waals surface area contributed by atoms with E-state index in [1.165, 1.54) is 5.56 Å². The first-order valence-corrected chi connectivity index (χ1v) is 10.7. The highest BCUT2D eigenvalue weighted by Gasteiger charge is 2.23. The minimum atomic E-state index is -0.139. The van der Waals surface area contributed by atoms with Gasteiger partial charge in [-0.25, -0.2) is 9.97 Å². The number of carbonyl (C=O) groups is 1. The molecule has 1 aromatic heterocycles. The third kappa shape index (κ3) is 3.97. The highest BCUT2D eigenvalue weighted by molar-refractivity contribution is 5.95. The number of hydrogen-bond donors (Lipinski definition) is 2. The van der Waals surface area contributed by atoms with Gasteiger partial charge in [-0.15, -0.1) is 0 Å². The monoisotopic (exact) mass is 421 g/mol. The summed E-state index contributed by atoms with van der Waals surface area (Å²) in [5, 5.41) is 12.7. The lowest BCUT2D eigenvalue weighted by molar-refractivity contribution is -0.115. The van der Waals surface area contributed by atoms with E-state index >= 15 is 0 Å². The molecule has 0 bridgehead atoms. The molecule has 0 aliphatic heterocycles. The molecular weight excluding hydrogens is 398 g/mol. The van der Waals surface area contributed by atoms with E-state index in [1.807, 2.05) is 43.3 Å². The molecule has 0 atom stereocenters. The highest BCUT2D eigenvalue weighted by atomic mass is 16.3. The standard InChI is InChI=1S/C27H23N3O2/c1-17-6-8-18(9-7-17)16-24(32)29-27-25(20-10-13-21(31)14-11-20)30-26-22-5-3-2-4-19(22)12-15-23(26)28-27/h2-11,13-14,31H,12,15-16H2,1H3,(H,28,29,32). The Kier molecular flexibility index (Phi) is 5.15.